The Morgan fingerprint density at radius 3 is 2.30 bits per heavy atom. The summed E-state index contributed by atoms with van der Waals surface area (Å²) in [7, 11) is 3.11. The Labute approximate surface area is 140 Å². The van der Waals surface area contributed by atoms with Gasteiger partial charge in [-0.15, -0.1) is 0 Å². The summed E-state index contributed by atoms with van der Waals surface area (Å²) < 4.78 is 10.3. The monoisotopic (exact) mass is 334 g/mol. The van der Waals surface area contributed by atoms with Crippen LogP contribution in [0.2, 0.25) is 5.02 Å². The molecule has 0 spiro atoms. The lowest BCUT2D eigenvalue weighted by atomic mass is 10.2. The van der Waals surface area contributed by atoms with E-state index in [0.29, 0.717) is 22.2 Å². The van der Waals surface area contributed by atoms with Crippen LogP contribution in [0.4, 0.5) is 11.4 Å². The molecule has 2 aromatic carbocycles. The number of rotatable bonds is 6. The van der Waals surface area contributed by atoms with E-state index in [2.05, 4.69) is 10.6 Å². The Kier molecular flexibility index (Phi) is 5.71. The van der Waals surface area contributed by atoms with Crippen molar-refractivity contribution in [1.82, 2.24) is 0 Å². The molecule has 0 fully saturated rings. The average Bonchev–Trinajstić information content (AvgIpc) is 2.53. The van der Waals surface area contributed by atoms with Crippen molar-refractivity contribution in [3.8, 4) is 11.5 Å². The number of ether oxygens (including phenoxy) is 2. The second kappa shape index (κ2) is 7.74. The van der Waals surface area contributed by atoms with Gasteiger partial charge in [0.2, 0.25) is 5.91 Å². The zero-order valence-corrected chi connectivity index (χ0v) is 14.0. The van der Waals surface area contributed by atoms with E-state index in [1.165, 1.54) is 0 Å². The van der Waals surface area contributed by atoms with Crippen LogP contribution in [0.1, 0.15) is 5.56 Å². The van der Waals surface area contributed by atoms with Gasteiger partial charge in [0.15, 0.2) is 0 Å². The number of benzene rings is 2. The smallest absolute Gasteiger partial charge is 0.243 e. The van der Waals surface area contributed by atoms with Gasteiger partial charge in [-0.3, -0.25) is 4.79 Å². The normalized spacial score (nSPS) is 10.1. The summed E-state index contributed by atoms with van der Waals surface area (Å²) in [6.07, 6.45) is 0. The van der Waals surface area contributed by atoms with Gasteiger partial charge in [0.25, 0.3) is 0 Å². The van der Waals surface area contributed by atoms with Gasteiger partial charge in [-0.05, 0) is 24.6 Å². The van der Waals surface area contributed by atoms with E-state index in [-0.39, 0.29) is 12.5 Å². The Balaban J connectivity index is 1.99. The molecule has 0 unspecified atom stereocenters. The summed E-state index contributed by atoms with van der Waals surface area (Å²) in [5, 5.41) is 6.38. The third kappa shape index (κ3) is 4.79. The quantitative estimate of drug-likeness (QED) is 0.845. The first-order valence-corrected chi connectivity index (χ1v) is 7.42. The first-order valence-electron chi connectivity index (χ1n) is 7.05. The Hall–Kier alpha value is -2.40. The number of methoxy groups -OCH3 is 2. The number of carbonyl (C=O) groups is 1. The largest absolute Gasteiger partial charge is 0.497 e. The summed E-state index contributed by atoms with van der Waals surface area (Å²) in [6.45, 7) is 2.06. The van der Waals surface area contributed by atoms with Crippen molar-refractivity contribution in [2.24, 2.45) is 0 Å². The third-order valence-corrected chi connectivity index (χ3v) is 3.51. The number of nitrogens with one attached hydrogen (secondary N) is 2. The lowest BCUT2D eigenvalue weighted by Gasteiger charge is -2.11. The van der Waals surface area contributed by atoms with Crippen LogP contribution in [0.25, 0.3) is 0 Å². The number of hydrogen-bond acceptors (Lipinski definition) is 4. The van der Waals surface area contributed by atoms with Gasteiger partial charge in [0.05, 0.1) is 31.5 Å². The molecule has 0 saturated carbocycles. The van der Waals surface area contributed by atoms with E-state index in [4.69, 9.17) is 21.1 Å². The highest BCUT2D eigenvalue weighted by molar-refractivity contribution is 6.33. The molecule has 0 aliphatic carbocycles. The Morgan fingerprint density at radius 2 is 1.74 bits per heavy atom. The molecule has 1 amide bonds. The highest BCUT2D eigenvalue weighted by Gasteiger charge is 2.07. The van der Waals surface area contributed by atoms with E-state index in [1.807, 2.05) is 25.1 Å². The molecule has 0 bridgehead atoms. The van der Waals surface area contributed by atoms with E-state index in [0.717, 1.165) is 11.3 Å². The molecule has 2 aromatic rings. The molecule has 23 heavy (non-hydrogen) atoms. The molecule has 0 heterocycles. The second-order valence-corrected chi connectivity index (χ2v) is 5.39. The van der Waals surface area contributed by atoms with Crippen molar-refractivity contribution >= 4 is 28.9 Å². The highest BCUT2D eigenvalue weighted by atomic mass is 35.5. The van der Waals surface area contributed by atoms with Crippen LogP contribution in [0.5, 0.6) is 11.5 Å². The number of carbonyl (C=O) groups excluding carboxylic acids is 1. The molecular formula is C17H19ClN2O3. The van der Waals surface area contributed by atoms with Crippen molar-refractivity contribution in [1.29, 1.82) is 0 Å². The fraction of sp³-hybridized carbons (Fsp3) is 0.235. The highest BCUT2D eigenvalue weighted by Crippen LogP contribution is 2.26. The van der Waals surface area contributed by atoms with Crippen LogP contribution in [0, 0.1) is 6.92 Å². The van der Waals surface area contributed by atoms with E-state index >= 15 is 0 Å². The summed E-state index contributed by atoms with van der Waals surface area (Å²) >= 11 is 6.13. The molecule has 0 atom stereocenters. The van der Waals surface area contributed by atoms with E-state index < -0.39 is 0 Å². The molecule has 0 radical (unpaired) electrons. The van der Waals surface area contributed by atoms with Gasteiger partial charge < -0.3 is 20.1 Å². The standard InChI is InChI=1S/C17H19ClN2O3/c1-11-4-5-16(15(18)6-11)19-10-17(21)20-12-7-13(22-2)9-14(8-12)23-3/h4-9,19H,10H2,1-3H3,(H,20,21). The van der Waals surface area contributed by atoms with Crippen molar-refractivity contribution < 1.29 is 14.3 Å². The number of anilines is 2. The molecule has 6 heteroatoms. The zero-order valence-electron chi connectivity index (χ0n) is 13.3. The SMILES string of the molecule is COc1cc(NC(=O)CNc2ccc(C)cc2Cl)cc(OC)c1. The maximum atomic E-state index is 12.1. The lowest BCUT2D eigenvalue weighted by molar-refractivity contribution is -0.114. The van der Waals surface area contributed by atoms with Crippen LogP contribution in [-0.2, 0) is 4.79 Å². The van der Waals surface area contributed by atoms with Gasteiger partial charge >= 0.3 is 0 Å². The van der Waals surface area contributed by atoms with Crippen LogP contribution in [0.15, 0.2) is 36.4 Å². The third-order valence-electron chi connectivity index (χ3n) is 3.20. The summed E-state index contributed by atoms with van der Waals surface area (Å²) in [6, 6.07) is 10.8. The van der Waals surface area contributed by atoms with Crippen molar-refractivity contribution in [3.05, 3.63) is 47.0 Å². The minimum atomic E-state index is -0.197. The maximum Gasteiger partial charge on any atom is 0.243 e. The number of amides is 1. The van der Waals surface area contributed by atoms with Gasteiger partial charge in [-0.1, -0.05) is 17.7 Å². The molecule has 0 saturated heterocycles. The fourth-order valence-electron chi connectivity index (χ4n) is 2.02. The molecule has 2 N–H and O–H groups in total. The lowest BCUT2D eigenvalue weighted by Crippen LogP contribution is -2.21. The van der Waals surface area contributed by atoms with Gasteiger partial charge in [-0.25, -0.2) is 0 Å². The molecule has 5 nitrogen and oxygen atoms in total. The zero-order chi connectivity index (χ0) is 16.8. The fourth-order valence-corrected chi connectivity index (χ4v) is 2.33. The number of hydrogen-bond donors (Lipinski definition) is 2. The van der Waals surface area contributed by atoms with Crippen LogP contribution in [-0.4, -0.2) is 26.7 Å². The number of halogens is 1. The summed E-state index contributed by atoms with van der Waals surface area (Å²) in [4.78, 5) is 12.1. The Bertz CT molecular complexity index is 682. The number of aryl methyl sites for hydroxylation is 1. The van der Waals surface area contributed by atoms with Crippen LogP contribution < -0.4 is 20.1 Å². The van der Waals surface area contributed by atoms with Crippen molar-refractivity contribution in [2.75, 3.05) is 31.4 Å². The van der Waals surface area contributed by atoms with E-state index in [9.17, 15) is 4.79 Å². The predicted molar refractivity (Wildman–Crippen MR) is 92.9 cm³/mol. The summed E-state index contributed by atoms with van der Waals surface area (Å²) in [5.41, 5.74) is 2.38. The summed E-state index contributed by atoms with van der Waals surface area (Å²) in [5.74, 6) is 1.01. The van der Waals surface area contributed by atoms with E-state index in [1.54, 1.807) is 32.4 Å². The minimum absolute atomic E-state index is 0.0995. The first kappa shape index (κ1) is 17.0. The van der Waals surface area contributed by atoms with Gasteiger partial charge in [0.1, 0.15) is 11.5 Å². The molecule has 2 rings (SSSR count). The predicted octanol–water partition coefficient (Wildman–Crippen LogP) is 3.72. The Morgan fingerprint density at radius 1 is 1.09 bits per heavy atom. The van der Waals surface area contributed by atoms with Gasteiger partial charge in [-0.2, -0.15) is 0 Å². The second-order valence-electron chi connectivity index (χ2n) is 4.99. The topological polar surface area (TPSA) is 59.6 Å². The molecule has 0 aromatic heterocycles. The van der Waals surface area contributed by atoms with Gasteiger partial charge in [0, 0.05) is 23.9 Å². The van der Waals surface area contributed by atoms with Crippen LogP contribution in [0.3, 0.4) is 0 Å². The first-order chi connectivity index (χ1) is 11.0. The molecule has 122 valence electrons. The average molecular weight is 335 g/mol. The maximum absolute atomic E-state index is 12.1. The molecular weight excluding hydrogens is 316 g/mol. The van der Waals surface area contributed by atoms with Crippen molar-refractivity contribution in [2.45, 2.75) is 6.92 Å². The van der Waals surface area contributed by atoms with Crippen molar-refractivity contribution in [3.63, 3.8) is 0 Å². The molecule has 0 aliphatic heterocycles. The molecule has 0 aliphatic rings. The minimum Gasteiger partial charge on any atom is -0.497 e. The van der Waals surface area contributed by atoms with Crippen LogP contribution >= 0.6 is 11.6 Å².